The number of esters is 1. The summed E-state index contributed by atoms with van der Waals surface area (Å²) in [4.78, 5) is 30.7. The lowest BCUT2D eigenvalue weighted by atomic mass is 10.0. The summed E-state index contributed by atoms with van der Waals surface area (Å²) in [6, 6.07) is -0.746. The minimum absolute atomic E-state index is 0.153. The Hall–Kier alpha value is -1.89. The lowest BCUT2D eigenvalue weighted by Crippen LogP contribution is -2.48. The number of carbonyl (C=O) groups excluding carboxylic acids is 2. The van der Waals surface area contributed by atoms with E-state index in [0.717, 1.165) is 12.1 Å². The first-order valence-electron chi connectivity index (χ1n) is 6.59. The Labute approximate surface area is 117 Å². The van der Waals surface area contributed by atoms with Crippen molar-refractivity contribution < 1.29 is 19.1 Å². The van der Waals surface area contributed by atoms with Crippen LogP contribution in [-0.2, 0) is 25.5 Å². The number of imidazole rings is 1. The highest BCUT2D eigenvalue weighted by molar-refractivity contribution is 5.87. The Morgan fingerprint density at radius 3 is 3.00 bits per heavy atom. The molecular formula is C13H19N3O4. The number of ether oxygens (including phenoxy) is 2. The second kappa shape index (κ2) is 6.51. The van der Waals surface area contributed by atoms with Crippen LogP contribution in [0.25, 0.3) is 0 Å². The predicted molar refractivity (Wildman–Crippen MR) is 69.8 cm³/mol. The molecule has 0 saturated carbocycles. The number of hydrogen-bond acceptors (Lipinski definition) is 5. The number of carbonyl (C=O) groups is 2. The van der Waals surface area contributed by atoms with Crippen LogP contribution in [0.3, 0.4) is 0 Å². The van der Waals surface area contributed by atoms with Crippen LogP contribution < -0.4 is 5.32 Å². The number of aromatic amines is 1. The van der Waals surface area contributed by atoms with Crippen molar-refractivity contribution in [1.82, 2.24) is 15.3 Å². The Bertz CT molecular complexity index is 460. The molecule has 0 spiro atoms. The molecular weight excluding hydrogens is 262 g/mol. The molecule has 1 fully saturated rings. The third kappa shape index (κ3) is 3.36. The molecule has 7 nitrogen and oxygen atoms in total. The topological polar surface area (TPSA) is 93.3 Å². The van der Waals surface area contributed by atoms with Crippen molar-refractivity contribution in [1.29, 1.82) is 0 Å². The molecule has 7 heteroatoms. The summed E-state index contributed by atoms with van der Waals surface area (Å²) in [5.41, 5.74) is 0.751. The standard InChI is InChI=1S/C13H19N3O4/c1-8-3-4-20-11(8)12(17)16-10(13(18)19-2)5-9-6-14-7-15-9/h6-8,10-11H,3-5H2,1-2H3,(H,14,15)(H,16,17)/t8?,10-,11?/m0/s1. The van der Waals surface area contributed by atoms with E-state index in [0.29, 0.717) is 13.0 Å². The summed E-state index contributed by atoms with van der Waals surface area (Å²) < 4.78 is 10.1. The van der Waals surface area contributed by atoms with E-state index in [1.807, 2.05) is 6.92 Å². The largest absolute Gasteiger partial charge is 0.467 e. The van der Waals surface area contributed by atoms with Crippen LogP contribution in [0.2, 0.25) is 0 Å². The summed E-state index contributed by atoms with van der Waals surface area (Å²) in [5.74, 6) is -0.607. The molecule has 1 aliphatic rings. The van der Waals surface area contributed by atoms with E-state index in [2.05, 4.69) is 15.3 Å². The average Bonchev–Trinajstić information content (AvgIpc) is 3.08. The van der Waals surface area contributed by atoms with Gasteiger partial charge in [-0.3, -0.25) is 4.79 Å². The lowest BCUT2D eigenvalue weighted by molar-refractivity contribution is -0.146. The smallest absolute Gasteiger partial charge is 0.328 e. The van der Waals surface area contributed by atoms with Gasteiger partial charge in [0.05, 0.1) is 13.4 Å². The van der Waals surface area contributed by atoms with Gasteiger partial charge in [-0.25, -0.2) is 9.78 Å². The molecule has 0 aromatic carbocycles. The van der Waals surface area contributed by atoms with Crippen molar-refractivity contribution in [3.05, 3.63) is 18.2 Å². The number of nitrogens with zero attached hydrogens (tertiary/aromatic N) is 1. The number of hydrogen-bond donors (Lipinski definition) is 2. The maximum absolute atomic E-state index is 12.1. The first kappa shape index (κ1) is 14.5. The molecule has 20 heavy (non-hydrogen) atoms. The maximum atomic E-state index is 12.1. The molecule has 1 saturated heterocycles. The summed E-state index contributed by atoms with van der Waals surface area (Å²) in [6.07, 6.45) is 3.79. The highest BCUT2D eigenvalue weighted by atomic mass is 16.5. The number of methoxy groups -OCH3 is 1. The van der Waals surface area contributed by atoms with Crippen LogP contribution in [0, 0.1) is 5.92 Å². The Morgan fingerprint density at radius 2 is 2.45 bits per heavy atom. The monoisotopic (exact) mass is 281 g/mol. The summed E-state index contributed by atoms with van der Waals surface area (Å²) in [7, 11) is 1.29. The van der Waals surface area contributed by atoms with E-state index in [-0.39, 0.29) is 11.8 Å². The number of rotatable bonds is 5. The zero-order valence-corrected chi connectivity index (χ0v) is 11.6. The predicted octanol–water partition coefficient (Wildman–Crippen LogP) is 0.0350. The van der Waals surface area contributed by atoms with Gasteiger partial charge in [0, 0.05) is 24.9 Å². The second-order valence-corrected chi connectivity index (χ2v) is 4.92. The SMILES string of the molecule is COC(=O)[C@H](Cc1cnc[nH]1)NC(=O)C1OCCC1C. The van der Waals surface area contributed by atoms with Gasteiger partial charge in [-0.15, -0.1) is 0 Å². The molecule has 1 aromatic heterocycles. The van der Waals surface area contributed by atoms with Crippen molar-refractivity contribution >= 4 is 11.9 Å². The van der Waals surface area contributed by atoms with Crippen molar-refractivity contribution in [2.24, 2.45) is 5.92 Å². The van der Waals surface area contributed by atoms with Gasteiger partial charge in [0.15, 0.2) is 0 Å². The normalized spacial score (nSPS) is 23.3. The Morgan fingerprint density at radius 1 is 1.65 bits per heavy atom. The van der Waals surface area contributed by atoms with Gasteiger partial charge >= 0.3 is 5.97 Å². The number of H-pyrrole nitrogens is 1. The molecule has 2 rings (SSSR count). The van der Waals surface area contributed by atoms with Crippen molar-refractivity contribution in [2.75, 3.05) is 13.7 Å². The van der Waals surface area contributed by atoms with Gasteiger partial charge in [-0.2, -0.15) is 0 Å². The number of aromatic nitrogens is 2. The molecule has 1 aromatic rings. The minimum atomic E-state index is -0.746. The fourth-order valence-corrected chi connectivity index (χ4v) is 2.24. The first-order chi connectivity index (χ1) is 9.61. The molecule has 110 valence electrons. The molecule has 0 aliphatic carbocycles. The third-order valence-electron chi connectivity index (χ3n) is 3.43. The lowest BCUT2D eigenvalue weighted by Gasteiger charge is -2.20. The third-order valence-corrected chi connectivity index (χ3v) is 3.43. The van der Waals surface area contributed by atoms with Crippen molar-refractivity contribution in [3.63, 3.8) is 0 Å². The average molecular weight is 281 g/mol. The van der Waals surface area contributed by atoms with Crippen LogP contribution >= 0.6 is 0 Å². The Balaban J connectivity index is 2.00. The number of amides is 1. The van der Waals surface area contributed by atoms with E-state index in [1.165, 1.54) is 13.4 Å². The maximum Gasteiger partial charge on any atom is 0.328 e. The molecule has 2 N–H and O–H groups in total. The van der Waals surface area contributed by atoms with Crippen molar-refractivity contribution in [3.8, 4) is 0 Å². The molecule has 1 amide bonds. The van der Waals surface area contributed by atoms with E-state index < -0.39 is 18.1 Å². The van der Waals surface area contributed by atoms with Crippen LogP contribution in [-0.4, -0.2) is 47.7 Å². The minimum Gasteiger partial charge on any atom is -0.467 e. The fourth-order valence-electron chi connectivity index (χ4n) is 2.24. The molecule has 1 aliphatic heterocycles. The van der Waals surface area contributed by atoms with Gasteiger partial charge in [0.2, 0.25) is 5.91 Å². The Kier molecular flexibility index (Phi) is 4.73. The van der Waals surface area contributed by atoms with E-state index in [9.17, 15) is 9.59 Å². The molecule has 0 bridgehead atoms. The molecule has 3 atom stereocenters. The first-order valence-corrected chi connectivity index (χ1v) is 6.59. The molecule has 0 radical (unpaired) electrons. The van der Waals surface area contributed by atoms with Crippen LogP contribution in [0.5, 0.6) is 0 Å². The summed E-state index contributed by atoms with van der Waals surface area (Å²) in [6.45, 7) is 2.53. The van der Waals surface area contributed by atoms with Crippen molar-refractivity contribution in [2.45, 2.75) is 31.9 Å². The van der Waals surface area contributed by atoms with Gasteiger partial charge < -0.3 is 19.8 Å². The quantitative estimate of drug-likeness (QED) is 0.743. The summed E-state index contributed by atoms with van der Waals surface area (Å²) >= 11 is 0. The van der Waals surface area contributed by atoms with E-state index in [4.69, 9.17) is 9.47 Å². The van der Waals surface area contributed by atoms with Gasteiger partial charge in [0.1, 0.15) is 12.1 Å². The zero-order valence-electron chi connectivity index (χ0n) is 11.6. The highest BCUT2D eigenvalue weighted by Crippen LogP contribution is 2.20. The van der Waals surface area contributed by atoms with Crippen LogP contribution in [0.4, 0.5) is 0 Å². The van der Waals surface area contributed by atoms with E-state index >= 15 is 0 Å². The van der Waals surface area contributed by atoms with Gasteiger partial charge in [-0.1, -0.05) is 6.92 Å². The van der Waals surface area contributed by atoms with E-state index in [1.54, 1.807) is 6.20 Å². The molecule has 2 heterocycles. The van der Waals surface area contributed by atoms with Crippen LogP contribution in [0.15, 0.2) is 12.5 Å². The van der Waals surface area contributed by atoms with Gasteiger partial charge in [0.25, 0.3) is 0 Å². The van der Waals surface area contributed by atoms with Gasteiger partial charge in [-0.05, 0) is 12.3 Å². The number of nitrogens with one attached hydrogen (secondary N) is 2. The molecule has 2 unspecified atom stereocenters. The summed E-state index contributed by atoms with van der Waals surface area (Å²) in [5, 5.41) is 2.69. The van der Waals surface area contributed by atoms with Crippen LogP contribution in [0.1, 0.15) is 19.0 Å². The fraction of sp³-hybridized carbons (Fsp3) is 0.615. The highest BCUT2D eigenvalue weighted by Gasteiger charge is 2.33. The zero-order chi connectivity index (χ0) is 14.5. The second-order valence-electron chi connectivity index (χ2n) is 4.92.